The van der Waals surface area contributed by atoms with E-state index < -0.39 is 39.3 Å². The molecule has 1 N–H and O–H groups in total. The van der Waals surface area contributed by atoms with Crippen LogP contribution >= 0.6 is 0 Å². The van der Waals surface area contributed by atoms with Crippen molar-refractivity contribution in [1.82, 2.24) is 4.72 Å². The number of hydrogen-bond acceptors (Lipinski definition) is 4. The van der Waals surface area contributed by atoms with E-state index in [0.717, 1.165) is 20.8 Å². The quantitative estimate of drug-likeness (QED) is 0.598. The highest BCUT2D eigenvalue weighted by Crippen LogP contribution is 2.24. The van der Waals surface area contributed by atoms with Crippen LogP contribution < -0.4 is 4.72 Å². The van der Waals surface area contributed by atoms with Gasteiger partial charge in [-0.1, -0.05) is 6.92 Å². The second-order valence-corrected chi connectivity index (χ2v) is 6.74. The van der Waals surface area contributed by atoms with E-state index in [-0.39, 0.29) is 6.42 Å². The second-order valence-electron chi connectivity index (χ2n) is 5.06. The summed E-state index contributed by atoms with van der Waals surface area (Å²) in [4.78, 5) is 11.3. The highest BCUT2D eigenvalue weighted by molar-refractivity contribution is 7.90. The van der Waals surface area contributed by atoms with E-state index in [2.05, 4.69) is 4.74 Å². The van der Waals surface area contributed by atoms with Crippen molar-refractivity contribution in [2.75, 3.05) is 6.61 Å². The Hall–Kier alpha value is -0.900. The van der Waals surface area contributed by atoms with E-state index in [1.54, 1.807) is 0 Å². The summed E-state index contributed by atoms with van der Waals surface area (Å²) >= 11 is 0. The van der Waals surface area contributed by atoms with E-state index in [1.165, 1.54) is 11.6 Å². The van der Waals surface area contributed by atoms with Crippen LogP contribution in [-0.4, -0.2) is 37.7 Å². The Kier molecular flexibility index (Phi) is 5.58. The minimum atomic E-state index is -5.58. The molecule has 0 aromatic carbocycles. The van der Waals surface area contributed by atoms with Gasteiger partial charge in [-0.05, 0) is 27.2 Å². The number of halogens is 4. The summed E-state index contributed by atoms with van der Waals surface area (Å²) in [7, 11) is -5.58. The van der Waals surface area contributed by atoms with Gasteiger partial charge in [0.25, 0.3) is 0 Å². The second kappa shape index (κ2) is 5.84. The zero-order valence-electron chi connectivity index (χ0n) is 11.5. The van der Waals surface area contributed by atoms with Gasteiger partial charge in [-0.15, -0.1) is 0 Å². The summed E-state index contributed by atoms with van der Waals surface area (Å²) in [6.45, 7) is 3.76. The Balaban J connectivity index is 4.76. The lowest BCUT2D eigenvalue weighted by atomic mass is 10.1. The molecular formula is C10H17F4NO4S. The molecule has 0 aliphatic heterocycles. The lowest BCUT2D eigenvalue weighted by molar-refractivity contribution is -0.158. The van der Waals surface area contributed by atoms with E-state index in [9.17, 15) is 30.8 Å². The van der Waals surface area contributed by atoms with Gasteiger partial charge >= 0.3 is 21.5 Å². The van der Waals surface area contributed by atoms with Crippen LogP contribution in [0, 0.1) is 0 Å². The van der Waals surface area contributed by atoms with E-state index >= 15 is 0 Å². The van der Waals surface area contributed by atoms with Crippen molar-refractivity contribution in [3.05, 3.63) is 0 Å². The van der Waals surface area contributed by atoms with Gasteiger partial charge in [0.05, 0.1) is 5.54 Å². The SMILES string of the molecule is CCC(C)(F)C(=O)OCC(C)(C)NS(=O)(=O)C(F)(F)F. The third-order valence-electron chi connectivity index (χ3n) is 2.37. The van der Waals surface area contributed by atoms with Crippen molar-refractivity contribution in [3.8, 4) is 0 Å². The standard InChI is InChI=1S/C10H17F4NO4S/c1-5-9(4,11)7(16)19-6-8(2,3)15-20(17,18)10(12,13)14/h15H,5-6H2,1-4H3. The number of alkyl halides is 4. The number of nitrogens with one attached hydrogen (secondary N) is 1. The molecular weight excluding hydrogens is 306 g/mol. The van der Waals surface area contributed by atoms with E-state index in [1.807, 2.05) is 0 Å². The first-order chi connectivity index (χ1) is 8.65. The van der Waals surface area contributed by atoms with Crippen molar-refractivity contribution in [3.63, 3.8) is 0 Å². The van der Waals surface area contributed by atoms with Gasteiger partial charge in [0.15, 0.2) is 0 Å². The monoisotopic (exact) mass is 323 g/mol. The number of rotatable bonds is 6. The van der Waals surface area contributed by atoms with Crippen molar-refractivity contribution in [2.24, 2.45) is 0 Å². The Bertz CT molecular complexity index is 456. The summed E-state index contributed by atoms with van der Waals surface area (Å²) < 4.78 is 77.8. The third kappa shape index (κ3) is 5.23. The number of hydrogen-bond donors (Lipinski definition) is 1. The van der Waals surface area contributed by atoms with Gasteiger partial charge in [0.2, 0.25) is 5.67 Å². The van der Waals surface area contributed by atoms with Gasteiger partial charge in [-0.3, -0.25) is 0 Å². The molecule has 0 aromatic rings. The van der Waals surface area contributed by atoms with Crippen LogP contribution in [0.1, 0.15) is 34.1 Å². The number of esters is 1. The van der Waals surface area contributed by atoms with Crippen molar-refractivity contribution in [1.29, 1.82) is 0 Å². The molecule has 0 aliphatic rings. The summed E-state index contributed by atoms with van der Waals surface area (Å²) in [5, 5.41) is 0. The number of carbonyl (C=O) groups excluding carboxylic acids is 1. The van der Waals surface area contributed by atoms with Gasteiger partial charge < -0.3 is 4.74 Å². The lowest BCUT2D eigenvalue weighted by Crippen LogP contribution is -2.52. The number of ether oxygens (including phenoxy) is 1. The topological polar surface area (TPSA) is 72.5 Å². The van der Waals surface area contributed by atoms with Crippen LogP contribution in [0.15, 0.2) is 0 Å². The molecule has 0 radical (unpaired) electrons. The minimum absolute atomic E-state index is 0.180. The Morgan fingerprint density at radius 1 is 1.15 bits per heavy atom. The van der Waals surface area contributed by atoms with Gasteiger partial charge in [0, 0.05) is 0 Å². The Labute approximate surface area is 114 Å². The van der Waals surface area contributed by atoms with Crippen molar-refractivity contribution >= 4 is 16.0 Å². The molecule has 0 saturated heterocycles. The molecule has 0 bridgehead atoms. The predicted octanol–water partition coefficient (Wildman–Crippen LogP) is 1.89. The summed E-state index contributed by atoms with van der Waals surface area (Å²) in [5.41, 5.74) is -9.49. The van der Waals surface area contributed by atoms with Crippen LogP contribution in [0.5, 0.6) is 0 Å². The molecule has 5 nitrogen and oxygen atoms in total. The fraction of sp³-hybridized carbons (Fsp3) is 0.900. The maximum atomic E-state index is 13.5. The molecule has 0 fully saturated rings. The first-order valence-corrected chi connectivity index (χ1v) is 7.09. The molecule has 0 spiro atoms. The zero-order valence-corrected chi connectivity index (χ0v) is 12.3. The maximum Gasteiger partial charge on any atom is 0.511 e. The molecule has 1 atom stereocenters. The average molecular weight is 323 g/mol. The van der Waals surface area contributed by atoms with Gasteiger partial charge in [-0.25, -0.2) is 17.6 Å². The summed E-state index contributed by atoms with van der Waals surface area (Å²) in [6.07, 6.45) is -0.180. The van der Waals surface area contributed by atoms with Crippen molar-refractivity contribution < 1.29 is 35.5 Å². The number of sulfonamides is 1. The normalized spacial score (nSPS) is 16.6. The highest BCUT2D eigenvalue weighted by Gasteiger charge is 2.48. The molecule has 0 rings (SSSR count). The molecule has 0 aliphatic carbocycles. The maximum absolute atomic E-state index is 13.5. The molecule has 0 heterocycles. The Morgan fingerprint density at radius 2 is 1.60 bits per heavy atom. The lowest BCUT2D eigenvalue weighted by Gasteiger charge is -2.27. The first-order valence-electron chi connectivity index (χ1n) is 5.61. The van der Waals surface area contributed by atoms with Crippen LogP contribution in [0.25, 0.3) is 0 Å². The predicted molar refractivity (Wildman–Crippen MR) is 63.0 cm³/mol. The molecule has 1 unspecified atom stereocenters. The van der Waals surface area contributed by atoms with Crippen molar-refractivity contribution in [2.45, 2.75) is 50.8 Å². The molecule has 20 heavy (non-hydrogen) atoms. The van der Waals surface area contributed by atoms with Gasteiger partial charge in [-0.2, -0.15) is 17.9 Å². The first kappa shape index (κ1) is 19.1. The van der Waals surface area contributed by atoms with E-state index in [4.69, 9.17) is 0 Å². The highest BCUT2D eigenvalue weighted by atomic mass is 32.2. The Morgan fingerprint density at radius 3 is 1.95 bits per heavy atom. The molecule has 0 amide bonds. The summed E-state index contributed by atoms with van der Waals surface area (Å²) in [6, 6.07) is 0. The van der Waals surface area contributed by atoms with Crippen LogP contribution in [-0.2, 0) is 19.6 Å². The average Bonchev–Trinajstić information content (AvgIpc) is 2.22. The van der Waals surface area contributed by atoms with Crippen LogP contribution in [0.3, 0.4) is 0 Å². The van der Waals surface area contributed by atoms with Gasteiger partial charge in [0.1, 0.15) is 6.61 Å². The van der Waals surface area contributed by atoms with E-state index in [0.29, 0.717) is 0 Å². The molecule has 120 valence electrons. The largest absolute Gasteiger partial charge is 0.511 e. The molecule has 0 aromatic heterocycles. The van der Waals surface area contributed by atoms with Crippen LogP contribution in [0.4, 0.5) is 17.6 Å². The fourth-order valence-electron chi connectivity index (χ4n) is 0.992. The summed E-state index contributed by atoms with van der Waals surface area (Å²) in [5.74, 6) is -1.26. The molecule has 0 saturated carbocycles. The number of carbonyl (C=O) groups is 1. The smallest absolute Gasteiger partial charge is 0.461 e. The van der Waals surface area contributed by atoms with Crippen LogP contribution in [0.2, 0.25) is 0 Å². The third-order valence-corrected chi connectivity index (χ3v) is 3.80. The zero-order chi connectivity index (χ0) is 16.4. The molecule has 10 heteroatoms. The minimum Gasteiger partial charge on any atom is -0.461 e. The fourth-order valence-corrected chi connectivity index (χ4v) is 1.89.